The molecular formula is C10H15FN2. The minimum Gasteiger partial charge on any atom is -0.324 e. The zero-order chi connectivity index (χ0) is 9.84. The molecule has 0 aliphatic rings. The van der Waals surface area contributed by atoms with Crippen LogP contribution in [0.15, 0.2) is 18.5 Å². The van der Waals surface area contributed by atoms with Gasteiger partial charge in [0.15, 0.2) is 0 Å². The molecule has 3 heteroatoms. The average Bonchev–Trinajstić information content (AvgIpc) is 2.03. The molecule has 0 radical (unpaired) electrons. The number of nitrogens with two attached hydrogens (primary N) is 1. The summed E-state index contributed by atoms with van der Waals surface area (Å²) in [6.45, 7) is 4.18. The lowest BCUT2D eigenvalue weighted by Gasteiger charge is -2.13. The van der Waals surface area contributed by atoms with Crippen LogP contribution >= 0.6 is 0 Å². The van der Waals surface area contributed by atoms with Crippen LogP contribution in [0.1, 0.15) is 31.9 Å². The monoisotopic (exact) mass is 182 g/mol. The second kappa shape index (κ2) is 4.33. The number of aromatic nitrogens is 1. The normalized spacial score (nSPS) is 13.3. The van der Waals surface area contributed by atoms with E-state index in [1.165, 1.54) is 12.3 Å². The fourth-order valence-electron chi connectivity index (χ4n) is 1.28. The van der Waals surface area contributed by atoms with Gasteiger partial charge in [-0.1, -0.05) is 13.8 Å². The van der Waals surface area contributed by atoms with Crippen molar-refractivity contribution < 1.29 is 4.39 Å². The molecule has 0 amide bonds. The van der Waals surface area contributed by atoms with E-state index in [9.17, 15) is 4.39 Å². The Balaban J connectivity index is 2.71. The summed E-state index contributed by atoms with van der Waals surface area (Å²) in [6.07, 6.45) is 3.66. The second-order valence-electron chi connectivity index (χ2n) is 3.67. The summed E-state index contributed by atoms with van der Waals surface area (Å²) < 4.78 is 12.7. The first-order valence-electron chi connectivity index (χ1n) is 4.45. The summed E-state index contributed by atoms with van der Waals surface area (Å²) in [5.41, 5.74) is 6.63. The maximum absolute atomic E-state index is 12.7. The standard InChI is InChI=1S/C10H15FN2/c1-7(2)3-10(12)8-4-9(11)6-13-5-8/h4-7,10H,3,12H2,1-2H3. The van der Waals surface area contributed by atoms with Gasteiger partial charge >= 0.3 is 0 Å². The molecule has 1 heterocycles. The highest BCUT2D eigenvalue weighted by Crippen LogP contribution is 2.17. The quantitative estimate of drug-likeness (QED) is 0.778. The van der Waals surface area contributed by atoms with Crippen molar-refractivity contribution in [2.45, 2.75) is 26.3 Å². The molecule has 0 aliphatic heterocycles. The Labute approximate surface area is 78.0 Å². The molecule has 0 spiro atoms. The Morgan fingerprint density at radius 1 is 1.46 bits per heavy atom. The zero-order valence-corrected chi connectivity index (χ0v) is 8.00. The topological polar surface area (TPSA) is 38.9 Å². The van der Waals surface area contributed by atoms with Crippen molar-refractivity contribution >= 4 is 0 Å². The summed E-state index contributed by atoms with van der Waals surface area (Å²) >= 11 is 0. The maximum atomic E-state index is 12.7. The van der Waals surface area contributed by atoms with Crippen LogP contribution in [-0.4, -0.2) is 4.98 Å². The van der Waals surface area contributed by atoms with E-state index in [-0.39, 0.29) is 11.9 Å². The first-order chi connectivity index (χ1) is 6.09. The van der Waals surface area contributed by atoms with E-state index in [0.29, 0.717) is 5.92 Å². The Bertz CT molecular complexity index is 273. The molecule has 13 heavy (non-hydrogen) atoms. The smallest absolute Gasteiger partial charge is 0.141 e. The lowest BCUT2D eigenvalue weighted by Crippen LogP contribution is -2.13. The molecule has 2 nitrogen and oxygen atoms in total. The van der Waals surface area contributed by atoms with Gasteiger partial charge in [-0.3, -0.25) is 4.98 Å². The number of pyridine rings is 1. The van der Waals surface area contributed by atoms with Crippen molar-refractivity contribution in [3.05, 3.63) is 29.8 Å². The van der Waals surface area contributed by atoms with Crippen molar-refractivity contribution in [3.8, 4) is 0 Å². The highest BCUT2D eigenvalue weighted by atomic mass is 19.1. The first-order valence-corrected chi connectivity index (χ1v) is 4.45. The maximum Gasteiger partial charge on any atom is 0.141 e. The van der Waals surface area contributed by atoms with E-state index < -0.39 is 0 Å². The van der Waals surface area contributed by atoms with Crippen molar-refractivity contribution in [1.82, 2.24) is 4.98 Å². The minimum absolute atomic E-state index is 0.108. The third-order valence-electron chi connectivity index (χ3n) is 1.88. The molecule has 1 rings (SSSR count). The van der Waals surface area contributed by atoms with Crippen LogP contribution in [0.4, 0.5) is 4.39 Å². The molecule has 0 bridgehead atoms. The Morgan fingerprint density at radius 2 is 2.15 bits per heavy atom. The summed E-state index contributed by atoms with van der Waals surface area (Å²) in [6, 6.07) is 1.34. The van der Waals surface area contributed by atoms with Gasteiger partial charge in [0.25, 0.3) is 0 Å². The van der Waals surface area contributed by atoms with Gasteiger partial charge < -0.3 is 5.73 Å². The number of nitrogens with zero attached hydrogens (tertiary/aromatic N) is 1. The number of halogens is 1. The Hall–Kier alpha value is -0.960. The van der Waals surface area contributed by atoms with Gasteiger partial charge in [0.2, 0.25) is 0 Å². The number of rotatable bonds is 3. The van der Waals surface area contributed by atoms with Crippen molar-refractivity contribution in [2.75, 3.05) is 0 Å². The van der Waals surface area contributed by atoms with Crippen LogP contribution in [0.25, 0.3) is 0 Å². The van der Waals surface area contributed by atoms with Crippen LogP contribution in [0, 0.1) is 11.7 Å². The van der Waals surface area contributed by atoms with Crippen molar-refractivity contribution in [3.63, 3.8) is 0 Å². The average molecular weight is 182 g/mol. The molecule has 0 aromatic carbocycles. The molecule has 0 aliphatic carbocycles. The van der Waals surface area contributed by atoms with E-state index in [4.69, 9.17) is 5.73 Å². The summed E-state index contributed by atoms with van der Waals surface area (Å²) in [5, 5.41) is 0. The van der Waals surface area contributed by atoms with Crippen molar-refractivity contribution in [1.29, 1.82) is 0 Å². The van der Waals surface area contributed by atoms with E-state index in [1.807, 2.05) is 0 Å². The van der Waals surface area contributed by atoms with Crippen LogP contribution in [0.3, 0.4) is 0 Å². The molecule has 1 atom stereocenters. The fraction of sp³-hybridized carbons (Fsp3) is 0.500. The zero-order valence-electron chi connectivity index (χ0n) is 8.00. The molecule has 1 aromatic rings. The highest BCUT2D eigenvalue weighted by Gasteiger charge is 2.08. The van der Waals surface area contributed by atoms with E-state index in [2.05, 4.69) is 18.8 Å². The van der Waals surface area contributed by atoms with Crippen LogP contribution in [0.5, 0.6) is 0 Å². The lowest BCUT2D eigenvalue weighted by atomic mass is 9.99. The van der Waals surface area contributed by atoms with Gasteiger partial charge in [0.1, 0.15) is 5.82 Å². The number of hydrogen-bond donors (Lipinski definition) is 1. The third kappa shape index (κ3) is 3.11. The fourth-order valence-corrected chi connectivity index (χ4v) is 1.28. The van der Waals surface area contributed by atoms with Gasteiger partial charge in [-0.05, 0) is 24.0 Å². The molecular weight excluding hydrogens is 167 g/mol. The SMILES string of the molecule is CC(C)CC(N)c1cncc(F)c1. The second-order valence-corrected chi connectivity index (χ2v) is 3.67. The molecule has 72 valence electrons. The van der Waals surface area contributed by atoms with E-state index in [1.54, 1.807) is 6.20 Å². The third-order valence-corrected chi connectivity index (χ3v) is 1.88. The molecule has 1 unspecified atom stereocenters. The largest absolute Gasteiger partial charge is 0.324 e. The van der Waals surface area contributed by atoms with E-state index in [0.717, 1.165) is 12.0 Å². The van der Waals surface area contributed by atoms with E-state index >= 15 is 0 Å². The molecule has 2 N–H and O–H groups in total. The van der Waals surface area contributed by atoms with Gasteiger partial charge in [-0.2, -0.15) is 0 Å². The summed E-state index contributed by atoms with van der Waals surface area (Å²) in [5.74, 6) is 0.190. The van der Waals surface area contributed by atoms with Crippen LogP contribution in [-0.2, 0) is 0 Å². The minimum atomic E-state index is -0.322. The van der Waals surface area contributed by atoms with Gasteiger partial charge in [-0.15, -0.1) is 0 Å². The number of hydrogen-bond acceptors (Lipinski definition) is 2. The predicted octanol–water partition coefficient (Wildman–Crippen LogP) is 2.27. The molecule has 0 saturated carbocycles. The van der Waals surface area contributed by atoms with Gasteiger partial charge in [-0.25, -0.2) is 4.39 Å². The Morgan fingerprint density at radius 3 is 2.69 bits per heavy atom. The summed E-state index contributed by atoms with van der Waals surface area (Å²) in [4.78, 5) is 3.76. The Kier molecular flexibility index (Phi) is 3.37. The van der Waals surface area contributed by atoms with Crippen molar-refractivity contribution in [2.24, 2.45) is 11.7 Å². The lowest BCUT2D eigenvalue weighted by molar-refractivity contribution is 0.505. The highest BCUT2D eigenvalue weighted by molar-refractivity contribution is 5.14. The predicted molar refractivity (Wildman–Crippen MR) is 50.6 cm³/mol. The van der Waals surface area contributed by atoms with Crippen LogP contribution in [0.2, 0.25) is 0 Å². The van der Waals surface area contributed by atoms with Crippen LogP contribution < -0.4 is 5.73 Å². The summed E-state index contributed by atoms with van der Waals surface area (Å²) in [7, 11) is 0. The molecule has 1 aromatic heterocycles. The molecule has 0 fully saturated rings. The van der Waals surface area contributed by atoms with Gasteiger partial charge in [0.05, 0.1) is 6.20 Å². The van der Waals surface area contributed by atoms with Gasteiger partial charge in [0, 0.05) is 12.2 Å². The first kappa shape index (κ1) is 10.1. The molecule has 0 saturated heterocycles.